The molecule has 0 aliphatic heterocycles. The monoisotopic (exact) mass is 176 g/mol. The van der Waals surface area contributed by atoms with Crippen molar-refractivity contribution >= 4 is 6.29 Å². The molecule has 0 fully saturated rings. The molecule has 70 valence electrons. The molecule has 0 bridgehead atoms. The normalized spacial score (nSPS) is 12.5. The van der Waals surface area contributed by atoms with Crippen LogP contribution in [0.4, 0.5) is 0 Å². The molecule has 0 N–H and O–H groups in total. The summed E-state index contributed by atoms with van der Waals surface area (Å²) in [6.07, 6.45) is 3.24. The quantitative estimate of drug-likeness (QED) is 0.645. The van der Waals surface area contributed by atoms with Gasteiger partial charge >= 0.3 is 0 Å². The second-order valence-corrected chi connectivity index (χ2v) is 3.42. The van der Waals surface area contributed by atoms with E-state index in [1.165, 1.54) is 5.56 Å². The van der Waals surface area contributed by atoms with Crippen molar-refractivity contribution in [2.45, 2.75) is 32.6 Å². The number of hydrogen-bond acceptors (Lipinski definition) is 1. The van der Waals surface area contributed by atoms with Crippen LogP contribution in [-0.4, -0.2) is 6.29 Å². The molecule has 0 aromatic heterocycles. The molecule has 1 unspecified atom stereocenters. The minimum Gasteiger partial charge on any atom is -0.303 e. The van der Waals surface area contributed by atoms with E-state index in [2.05, 4.69) is 19.1 Å². The standard InChI is InChI=1S/C12H16O/c1-3-5-11-6-4-7-12(8-11)10(2)9-13/h4,6-10H,3,5H2,1-2H3. The highest BCUT2D eigenvalue weighted by Gasteiger charge is 2.03. The molecule has 1 atom stereocenters. The molecular weight excluding hydrogens is 160 g/mol. The van der Waals surface area contributed by atoms with Crippen molar-refractivity contribution in [3.63, 3.8) is 0 Å². The molecule has 1 rings (SSSR count). The van der Waals surface area contributed by atoms with Gasteiger partial charge in [-0.3, -0.25) is 0 Å². The highest BCUT2D eigenvalue weighted by atomic mass is 16.1. The first-order valence-electron chi connectivity index (χ1n) is 4.82. The molecule has 0 amide bonds. The summed E-state index contributed by atoms with van der Waals surface area (Å²) in [6.45, 7) is 4.09. The third-order valence-corrected chi connectivity index (χ3v) is 2.22. The first kappa shape index (κ1) is 9.97. The minimum absolute atomic E-state index is 0.0248. The number of aryl methyl sites for hydroxylation is 1. The fraction of sp³-hybridized carbons (Fsp3) is 0.417. The Balaban J connectivity index is 2.84. The van der Waals surface area contributed by atoms with Gasteiger partial charge in [0.1, 0.15) is 6.29 Å². The molecule has 0 aliphatic carbocycles. The average molecular weight is 176 g/mol. The number of benzene rings is 1. The predicted molar refractivity (Wildman–Crippen MR) is 54.9 cm³/mol. The molecular formula is C12H16O. The Kier molecular flexibility index (Phi) is 3.69. The Morgan fingerprint density at radius 1 is 1.46 bits per heavy atom. The van der Waals surface area contributed by atoms with Gasteiger partial charge in [0.05, 0.1) is 0 Å². The van der Waals surface area contributed by atoms with Gasteiger partial charge in [-0.05, 0) is 17.5 Å². The summed E-state index contributed by atoms with van der Waals surface area (Å²) in [5.41, 5.74) is 2.45. The summed E-state index contributed by atoms with van der Waals surface area (Å²) >= 11 is 0. The van der Waals surface area contributed by atoms with Crippen molar-refractivity contribution in [1.82, 2.24) is 0 Å². The lowest BCUT2D eigenvalue weighted by atomic mass is 9.99. The molecule has 0 saturated heterocycles. The van der Waals surface area contributed by atoms with E-state index in [0.717, 1.165) is 24.7 Å². The lowest BCUT2D eigenvalue weighted by Crippen LogP contribution is -1.95. The summed E-state index contributed by atoms with van der Waals surface area (Å²) < 4.78 is 0. The topological polar surface area (TPSA) is 17.1 Å². The first-order chi connectivity index (χ1) is 6.27. The highest BCUT2D eigenvalue weighted by Crippen LogP contribution is 2.15. The molecule has 0 spiro atoms. The Hall–Kier alpha value is -1.11. The van der Waals surface area contributed by atoms with Crippen molar-refractivity contribution in [2.75, 3.05) is 0 Å². The zero-order valence-electron chi connectivity index (χ0n) is 8.29. The maximum atomic E-state index is 10.6. The predicted octanol–water partition coefficient (Wildman–Crippen LogP) is 2.94. The zero-order valence-corrected chi connectivity index (χ0v) is 8.29. The summed E-state index contributed by atoms with van der Waals surface area (Å²) in [4.78, 5) is 10.6. The lowest BCUT2D eigenvalue weighted by molar-refractivity contribution is -0.108. The smallest absolute Gasteiger partial charge is 0.127 e. The van der Waals surface area contributed by atoms with Crippen molar-refractivity contribution in [3.8, 4) is 0 Å². The highest BCUT2D eigenvalue weighted by molar-refractivity contribution is 5.61. The molecule has 1 aromatic carbocycles. The second-order valence-electron chi connectivity index (χ2n) is 3.42. The van der Waals surface area contributed by atoms with E-state index in [4.69, 9.17) is 0 Å². The zero-order chi connectivity index (χ0) is 9.68. The third-order valence-electron chi connectivity index (χ3n) is 2.22. The van der Waals surface area contributed by atoms with Crippen molar-refractivity contribution in [1.29, 1.82) is 0 Å². The van der Waals surface area contributed by atoms with Crippen LogP contribution in [-0.2, 0) is 11.2 Å². The van der Waals surface area contributed by atoms with Crippen LogP contribution in [0.5, 0.6) is 0 Å². The number of carbonyl (C=O) groups excluding carboxylic acids is 1. The van der Waals surface area contributed by atoms with Crippen molar-refractivity contribution in [2.24, 2.45) is 0 Å². The Labute approximate surface area is 79.8 Å². The summed E-state index contributed by atoms with van der Waals surface area (Å²) in [5.74, 6) is 0.0248. The second kappa shape index (κ2) is 4.80. The van der Waals surface area contributed by atoms with Gasteiger partial charge in [-0.25, -0.2) is 0 Å². The van der Waals surface area contributed by atoms with E-state index in [9.17, 15) is 4.79 Å². The number of rotatable bonds is 4. The molecule has 1 aromatic rings. The van der Waals surface area contributed by atoms with Crippen LogP contribution in [0.25, 0.3) is 0 Å². The van der Waals surface area contributed by atoms with Gasteiger partial charge in [0, 0.05) is 5.92 Å². The fourth-order valence-electron chi connectivity index (χ4n) is 1.40. The van der Waals surface area contributed by atoms with Crippen LogP contribution in [0.2, 0.25) is 0 Å². The van der Waals surface area contributed by atoms with E-state index in [1.807, 2.05) is 19.1 Å². The first-order valence-corrected chi connectivity index (χ1v) is 4.82. The minimum atomic E-state index is 0.0248. The molecule has 0 saturated carbocycles. The van der Waals surface area contributed by atoms with Crippen LogP contribution >= 0.6 is 0 Å². The van der Waals surface area contributed by atoms with Crippen LogP contribution in [0.1, 0.15) is 37.3 Å². The largest absolute Gasteiger partial charge is 0.303 e. The van der Waals surface area contributed by atoms with Gasteiger partial charge in [0.25, 0.3) is 0 Å². The SMILES string of the molecule is CCCc1cccc(C(C)C=O)c1. The van der Waals surface area contributed by atoms with Crippen LogP contribution < -0.4 is 0 Å². The number of hydrogen-bond donors (Lipinski definition) is 0. The van der Waals surface area contributed by atoms with E-state index in [0.29, 0.717) is 0 Å². The van der Waals surface area contributed by atoms with Crippen LogP contribution in [0.15, 0.2) is 24.3 Å². The van der Waals surface area contributed by atoms with Crippen LogP contribution in [0.3, 0.4) is 0 Å². The average Bonchev–Trinajstić information content (AvgIpc) is 2.18. The Bertz CT molecular complexity index is 278. The summed E-state index contributed by atoms with van der Waals surface area (Å²) in [5, 5.41) is 0. The fourth-order valence-corrected chi connectivity index (χ4v) is 1.40. The summed E-state index contributed by atoms with van der Waals surface area (Å²) in [7, 11) is 0. The third kappa shape index (κ3) is 2.69. The summed E-state index contributed by atoms with van der Waals surface area (Å²) in [6, 6.07) is 8.28. The molecule has 1 heteroatoms. The maximum absolute atomic E-state index is 10.6. The number of carbonyl (C=O) groups is 1. The van der Waals surface area contributed by atoms with Crippen molar-refractivity contribution < 1.29 is 4.79 Å². The van der Waals surface area contributed by atoms with E-state index < -0.39 is 0 Å². The maximum Gasteiger partial charge on any atom is 0.127 e. The van der Waals surface area contributed by atoms with E-state index in [1.54, 1.807) is 0 Å². The van der Waals surface area contributed by atoms with Gasteiger partial charge in [-0.1, -0.05) is 44.5 Å². The van der Waals surface area contributed by atoms with Gasteiger partial charge in [-0.2, -0.15) is 0 Å². The van der Waals surface area contributed by atoms with Gasteiger partial charge < -0.3 is 4.79 Å². The van der Waals surface area contributed by atoms with Gasteiger partial charge in [0.15, 0.2) is 0 Å². The number of aldehydes is 1. The van der Waals surface area contributed by atoms with E-state index >= 15 is 0 Å². The van der Waals surface area contributed by atoms with E-state index in [-0.39, 0.29) is 5.92 Å². The van der Waals surface area contributed by atoms with Gasteiger partial charge in [-0.15, -0.1) is 0 Å². The molecule has 13 heavy (non-hydrogen) atoms. The molecule has 0 heterocycles. The molecule has 0 aliphatic rings. The Morgan fingerprint density at radius 3 is 2.85 bits per heavy atom. The Morgan fingerprint density at radius 2 is 2.23 bits per heavy atom. The van der Waals surface area contributed by atoms with Gasteiger partial charge in [0.2, 0.25) is 0 Å². The van der Waals surface area contributed by atoms with Crippen LogP contribution in [0, 0.1) is 0 Å². The molecule has 0 radical (unpaired) electrons. The lowest BCUT2D eigenvalue weighted by Gasteiger charge is -2.06. The molecule has 1 nitrogen and oxygen atoms in total. The van der Waals surface area contributed by atoms with Crippen molar-refractivity contribution in [3.05, 3.63) is 35.4 Å².